The average molecular weight is 478 g/mol. The van der Waals surface area contributed by atoms with Crippen molar-refractivity contribution in [3.63, 3.8) is 0 Å². The molecule has 14 unspecified atom stereocenters. The third-order valence-corrected chi connectivity index (χ3v) is 8.93. The minimum Gasteiger partial charge on any atom is -0.463 e. The molecule has 0 spiro atoms. The summed E-state index contributed by atoms with van der Waals surface area (Å²) in [5, 5.41) is 0. The van der Waals surface area contributed by atoms with E-state index in [9.17, 15) is 9.59 Å². The van der Waals surface area contributed by atoms with Crippen LogP contribution in [0.3, 0.4) is 0 Å². The highest BCUT2D eigenvalue weighted by Gasteiger charge is 2.65. The van der Waals surface area contributed by atoms with E-state index in [1.54, 1.807) is 0 Å². The molecule has 0 radical (unpaired) electrons. The van der Waals surface area contributed by atoms with E-state index in [1.165, 1.54) is 0 Å². The number of carbonyl (C=O) groups is 2. The van der Waals surface area contributed by atoms with Gasteiger partial charge in [-0.2, -0.15) is 0 Å². The SMILES string of the molecule is O=C(OCC1CO1)C1CC2OC2CC1C(=O)OCC1OC1C1CC(OC2CCC3OC23)C2OC12. The zero-order valence-electron chi connectivity index (χ0n) is 18.8. The van der Waals surface area contributed by atoms with E-state index < -0.39 is 11.8 Å². The molecule has 8 fully saturated rings. The molecule has 5 aliphatic heterocycles. The van der Waals surface area contributed by atoms with Crippen LogP contribution in [0.4, 0.5) is 0 Å². The second-order valence-electron chi connectivity index (χ2n) is 11.1. The van der Waals surface area contributed by atoms with Crippen LogP contribution in [-0.4, -0.2) is 98.9 Å². The van der Waals surface area contributed by atoms with Crippen molar-refractivity contribution in [3.8, 4) is 0 Å². The monoisotopic (exact) mass is 478 g/mol. The minimum atomic E-state index is -0.533. The van der Waals surface area contributed by atoms with E-state index in [4.69, 9.17) is 37.9 Å². The third kappa shape index (κ3) is 3.77. The second kappa shape index (κ2) is 7.60. The fourth-order valence-corrected chi connectivity index (χ4v) is 6.68. The van der Waals surface area contributed by atoms with Crippen molar-refractivity contribution in [2.45, 2.75) is 99.2 Å². The molecule has 3 saturated carbocycles. The normalized spacial score (nSPS) is 54.9. The maximum Gasteiger partial charge on any atom is 0.310 e. The Morgan fingerprint density at radius 3 is 2.15 bits per heavy atom. The van der Waals surface area contributed by atoms with Crippen LogP contribution in [0, 0.1) is 17.8 Å². The molecular formula is C24H30O10. The minimum absolute atomic E-state index is 0.000404. The molecule has 5 heterocycles. The van der Waals surface area contributed by atoms with Crippen LogP contribution >= 0.6 is 0 Å². The van der Waals surface area contributed by atoms with Crippen molar-refractivity contribution in [1.82, 2.24) is 0 Å². The Hall–Kier alpha value is -1.30. The number of epoxide rings is 5. The van der Waals surface area contributed by atoms with Crippen molar-refractivity contribution in [2.24, 2.45) is 17.8 Å². The molecule has 8 aliphatic rings. The van der Waals surface area contributed by atoms with E-state index in [0.717, 1.165) is 19.3 Å². The van der Waals surface area contributed by atoms with Gasteiger partial charge in [-0.05, 0) is 32.1 Å². The van der Waals surface area contributed by atoms with E-state index in [-0.39, 0.29) is 86.0 Å². The number of esters is 2. The molecule has 0 bridgehead atoms. The molecule has 0 aromatic carbocycles. The lowest BCUT2D eigenvalue weighted by Crippen LogP contribution is -2.38. The van der Waals surface area contributed by atoms with E-state index in [2.05, 4.69) is 0 Å². The Balaban J connectivity index is 0.827. The zero-order chi connectivity index (χ0) is 22.6. The van der Waals surface area contributed by atoms with Crippen molar-refractivity contribution < 1.29 is 47.5 Å². The highest BCUT2D eigenvalue weighted by atomic mass is 16.7. The summed E-state index contributed by atoms with van der Waals surface area (Å²) in [5.41, 5.74) is 0. The largest absolute Gasteiger partial charge is 0.463 e. The van der Waals surface area contributed by atoms with Gasteiger partial charge in [0.2, 0.25) is 0 Å². The third-order valence-electron chi connectivity index (χ3n) is 8.93. The fraction of sp³-hybridized carbons (Fsp3) is 0.917. The number of carbonyl (C=O) groups excluding carboxylic acids is 2. The molecular weight excluding hydrogens is 448 g/mol. The summed E-state index contributed by atoms with van der Waals surface area (Å²) in [6.45, 7) is 1.07. The molecule has 0 N–H and O–H groups in total. The van der Waals surface area contributed by atoms with Gasteiger partial charge in [0.15, 0.2) is 0 Å². The Morgan fingerprint density at radius 1 is 0.706 bits per heavy atom. The summed E-state index contributed by atoms with van der Waals surface area (Å²) in [6.07, 6.45) is 5.49. The quantitative estimate of drug-likeness (QED) is 0.334. The second-order valence-corrected chi connectivity index (χ2v) is 11.1. The zero-order valence-corrected chi connectivity index (χ0v) is 18.8. The van der Waals surface area contributed by atoms with Crippen molar-refractivity contribution in [1.29, 1.82) is 0 Å². The van der Waals surface area contributed by atoms with Gasteiger partial charge in [0.05, 0.1) is 61.2 Å². The first-order chi connectivity index (χ1) is 16.6. The van der Waals surface area contributed by atoms with Crippen LogP contribution in [0.25, 0.3) is 0 Å². The smallest absolute Gasteiger partial charge is 0.310 e. The summed E-state index contributed by atoms with van der Waals surface area (Å²) in [4.78, 5) is 25.5. The van der Waals surface area contributed by atoms with Crippen LogP contribution in [0.5, 0.6) is 0 Å². The van der Waals surface area contributed by atoms with Gasteiger partial charge in [0, 0.05) is 5.92 Å². The van der Waals surface area contributed by atoms with Gasteiger partial charge in [-0.3, -0.25) is 9.59 Å². The van der Waals surface area contributed by atoms with Gasteiger partial charge >= 0.3 is 11.9 Å². The maximum absolute atomic E-state index is 12.9. The van der Waals surface area contributed by atoms with E-state index in [1.807, 2.05) is 0 Å². The van der Waals surface area contributed by atoms with Crippen molar-refractivity contribution in [2.75, 3.05) is 19.8 Å². The average Bonchev–Trinajstić information content (AvgIpc) is 3.69. The molecule has 0 amide bonds. The molecule has 186 valence electrons. The van der Waals surface area contributed by atoms with E-state index in [0.29, 0.717) is 31.7 Å². The molecule has 10 nitrogen and oxygen atoms in total. The summed E-state index contributed by atoms with van der Waals surface area (Å²) < 4.78 is 45.4. The first kappa shape index (κ1) is 20.8. The summed E-state index contributed by atoms with van der Waals surface area (Å²) in [6, 6.07) is 0. The highest BCUT2D eigenvalue weighted by Crippen LogP contribution is 2.53. The van der Waals surface area contributed by atoms with Crippen LogP contribution in [-0.2, 0) is 47.5 Å². The van der Waals surface area contributed by atoms with Crippen LogP contribution in [0.1, 0.15) is 32.1 Å². The highest BCUT2D eigenvalue weighted by molar-refractivity contribution is 5.82. The Labute approximate surface area is 196 Å². The van der Waals surface area contributed by atoms with Crippen LogP contribution < -0.4 is 0 Å². The van der Waals surface area contributed by atoms with Gasteiger partial charge < -0.3 is 37.9 Å². The van der Waals surface area contributed by atoms with Crippen LogP contribution in [0.15, 0.2) is 0 Å². The van der Waals surface area contributed by atoms with Crippen molar-refractivity contribution in [3.05, 3.63) is 0 Å². The van der Waals surface area contributed by atoms with E-state index >= 15 is 0 Å². The lowest BCUT2D eigenvalue weighted by Gasteiger charge is -2.26. The van der Waals surface area contributed by atoms with Gasteiger partial charge in [0.25, 0.3) is 0 Å². The first-order valence-corrected chi connectivity index (χ1v) is 12.8. The molecule has 0 aromatic heterocycles. The molecule has 0 aromatic rings. The standard InChI is InChI=1S/C24H30O10/c25-23(28-7-9-6-27-9)10-3-15-16(31-15)4-11(10)24(26)29-8-18-19(33-18)12-5-17(22-20(12)34-22)30-13-1-2-14-21(13)32-14/h9-22H,1-8H2. The van der Waals surface area contributed by atoms with Crippen molar-refractivity contribution >= 4 is 11.9 Å². The maximum atomic E-state index is 12.9. The number of fused-ring (bicyclic) bond motifs is 3. The topological polar surface area (TPSA) is 124 Å². The summed E-state index contributed by atoms with van der Waals surface area (Å²) >= 11 is 0. The number of ether oxygens (including phenoxy) is 8. The molecule has 34 heavy (non-hydrogen) atoms. The fourth-order valence-electron chi connectivity index (χ4n) is 6.68. The van der Waals surface area contributed by atoms with Crippen LogP contribution in [0.2, 0.25) is 0 Å². The van der Waals surface area contributed by atoms with Gasteiger partial charge in [0.1, 0.15) is 37.6 Å². The predicted octanol–water partition coefficient (Wildman–Crippen LogP) is 0.135. The molecule has 3 aliphatic carbocycles. The summed E-state index contributed by atoms with van der Waals surface area (Å²) in [5.74, 6) is -1.50. The number of hydrogen-bond acceptors (Lipinski definition) is 10. The lowest BCUT2D eigenvalue weighted by molar-refractivity contribution is -0.162. The molecule has 8 rings (SSSR count). The number of hydrogen-bond donors (Lipinski definition) is 0. The number of rotatable bonds is 9. The van der Waals surface area contributed by atoms with Gasteiger partial charge in [-0.15, -0.1) is 0 Å². The van der Waals surface area contributed by atoms with Gasteiger partial charge in [-0.1, -0.05) is 0 Å². The summed E-state index contributed by atoms with van der Waals surface area (Å²) in [7, 11) is 0. The molecule has 10 heteroatoms. The Kier molecular flexibility index (Phi) is 4.66. The lowest BCUT2D eigenvalue weighted by atomic mass is 9.79. The molecule has 5 saturated heterocycles. The Bertz CT molecular complexity index is 876. The predicted molar refractivity (Wildman–Crippen MR) is 109 cm³/mol. The molecule has 14 atom stereocenters. The first-order valence-electron chi connectivity index (χ1n) is 12.8. The van der Waals surface area contributed by atoms with Gasteiger partial charge in [-0.25, -0.2) is 0 Å². The Morgan fingerprint density at radius 2 is 1.47 bits per heavy atom.